The highest BCUT2D eigenvalue weighted by atomic mass is 32.2. The Morgan fingerprint density at radius 2 is 2.47 bits per heavy atom. The van der Waals surface area contributed by atoms with Crippen LogP contribution in [0, 0.1) is 11.3 Å². The smallest absolute Gasteiger partial charge is 0.351 e. The first-order valence-corrected chi connectivity index (χ1v) is 5.84. The van der Waals surface area contributed by atoms with Gasteiger partial charge < -0.3 is 9.64 Å². The maximum Gasteiger partial charge on any atom is 0.351 e. The molecule has 0 aromatic heterocycles. The first-order chi connectivity index (χ1) is 7.20. The van der Waals surface area contributed by atoms with Crippen molar-refractivity contribution in [1.82, 2.24) is 4.90 Å². The minimum absolute atomic E-state index is 0.129. The Morgan fingerprint density at radius 1 is 1.73 bits per heavy atom. The zero-order chi connectivity index (χ0) is 11.3. The molecule has 5 heteroatoms. The molecule has 82 valence electrons. The number of nitrogens with zero attached hydrogens (tertiary/aromatic N) is 2. The number of nitriles is 1. The van der Waals surface area contributed by atoms with Crippen molar-refractivity contribution < 1.29 is 9.53 Å². The molecular formula is C10H14N2O2S. The molecule has 1 heterocycles. The monoisotopic (exact) mass is 226 g/mol. The molecule has 1 aliphatic rings. The van der Waals surface area contributed by atoms with Gasteiger partial charge in [0.15, 0.2) is 5.57 Å². The van der Waals surface area contributed by atoms with Crippen molar-refractivity contribution in [3.05, 3.63) is 10.6 Å². The number of hydrogen-bond donors (Lipinski definition) is 0. The van der Waals surface area contributed by atoms with Crippen LogP contribution in [0.2, 0.25) is 0 Å². The van der Waals surface area contributed by atoms with E-state index < -0.39 is 5.97 Å². The Balaban J connectivity index is 2.91. The minimum atomic E-state index is -0.517. The Kier molecular flexibility index (Phi) is 4.50. The van der Waals surface area contributed by atoms with Crippen LogP contribution >= 0.6 is 11.8 Å². The third kappa shape index (κ3) is 2.90. The molecule has 1 saturated heterocycles. The summed E-state index contributed by atoms with van der Waals surface area (Å²) in [6.07, 6.45) is 1.08. The summed E-state index contributed by atoms with van der Waals surface area (Å²) in [5.74, 6) is 0.431. The van der Waals surface area contributed by atoms with Crippen LogP contribution in [0.15, 0.2) is 10.6 Å². The number of hydrogen-bond acceptors (Lipinski definition) is 5. The molecule has 1 aliphatic heterocycles. The fraction of sp³-hybridized carbons (Fsp3) is 0.600. The predicted molar refractivity (Wildman–Crippen MR) is 59.0 cm³/mol. The zero-order valence-corrected chi connectivity index (χ0v) is 9.76. The summed E-state index contributed by atoms with van der Waals surface area (Å²) < 4.78 is 4.84. The first kappa shape index (κ1) is 11.9. The largest absolute Gasteiger partial charge is 0.462 e. The lowest BCUT2D eigenvalue weighted by Crippen LogP contribution is -2.25. The Bertz CT molecular complexity index is 320. The Hall–Kier alpha value is -1.15. The first-order valence-electron chi connectivity index (χ1n) is 4.86. The van der Waals surface area contributed by atoms with Crippen molar-refractivity contribution in [3.63, 3.8) is 0 Å². The Labute approximate surface area is 93.9 Å². The fourth-order valence-electron chi connectivity index (χ4n) is 1.33. The summed E-state index contributed by atoms with van der Waals surface area (Å²) in [4.78, 5) is 13.4. The summed E-state index contributed by atoms with van der Waals surface area (Å²) in [5.41, 5.74) is 0.129. The number of ether oxygens (including phenoxy) is 1. The molecule has 0 bridgehead atoms. The highest BCUT2D eigenvalue weighted by Gasteiger charge is 2.22. The van der Waals surface area contributed by atoms with Crippen molar-refractivity contribution in [2.45, 2.75) is 13.3 Å². The second kappa shape index (κ2) is 5.66. The van der Waals surface area contributed by atoms with Crippen molar-refractivity contribution in [2.75, 3.05) is 26.0 Å². The van der Waals surface area contributed by atoms with Crippen molar-refractivity contribution in [3.8, 4) is 6.07 Å². The lowest BCUT2D eigenvalue weighted by atomic mass is 10.3. The third-order valence-electron chi connectivity index (χ3n) is 2.03. The van der Waals surface area contributed by atoms with Crippen LogP contribution in [0.25, 0.3) is 0 Å². The summed E-state index contributed by atoms with van der Waals surface area (Å²) in [5, 5.41) is 9.68. The van der Waals surface area contributed by atoms with Gasteiger partial charge in [0.1, 0.15) is 6.07 Å². The van der Waals surface area contributed by atoms with E-state index in [-0.39, 0.29) is 5.57 Å². The van der Waals surface area contributed by atoms with Gasteiger partial charge >= 0.3 is 5.97 Å². The quantitative estimate of drug-likeness (QED) is 0.404. The molecule has 0 aromatic carbocycles. The molecule has 0 aliphatic carbocycles. The van der Waals surface area contributed by atoms with Gasteiger partial charge in [0.05, 0.1) is 11.6 Å². The molecule has 15 heavy (non-hydrogen) atoms. The molecule has 0 N–H and O–H groups in total. The van der Waals surface area contributed by atoms with Gasteiger partial charge in [-0.3, -0.25) is 0 Å². The van der Waals surface area contributed by atoms with Gasteiger partial charge in [-0.25, -0.2) is 4.79 Å². The number of carbonyl (C=O) groups excluding carboxylic acids is 1. The standard InChI is InChI=1S/C10H14N2O2S/c1-3-14-10(13)8(7-11)9-12(2)5-4-6-15-9/h3-6H2,1-2H3/b9-8+. The lowest BCUT2D eigenvalue weighted by molar-refractivity contribution is -0.138. The van der Waals surface area contributed by atoms with Crippen LogP contribution in [-0.4, -0.2) is 36.8 Å². The van der Waals surface area contributed by atoms with E-state index in [1.807, 2.05) is 18.0 Å². The van der Waals surface area contributed by atoms with Gasteiger partial charge in [-0.15, -0.1) is 11.8 Å². The number of rotatable bonds is 2. The average molecular weight is 226 g/mol. The van der Waals surface area contributed by atoms with Crippen molar-refractivity contribution >= 4 is 17.7 Å². The van der Waals surface area contributed by atoms with E-state index in [4.69, 9.17) is 10.00 Å². The van der Waals surface area contributed by atoms with Crippen LogP contribution in [0.5, 0.6) is 0 Å². The van der Waals surface area contributed by atoms with Gasteiger partial charge in [-0.05, 0) is 13.3 Å². The lowest BCUT2D eigenvalue weighted by Gasteiger charge is -2.27. The zero-order valence-electron chi connectivity index (χ0n) is 8.95. The molecule has 0 aromatic rings. The summed E-state index contributed by atoms with van der Waals surface area (Å²) >= 11 is 1.54. The molecule has 0 spiro atoms. The van der Waals surface area contributed by atoms with E-state index in [1.165, 1.54) is 0 Å². The van der Waals surface area contributed by atoms with E-state index >= 15 is 0 Å². The predicted octanol–water partition coefficient (Wildman–Crippen LogP) is 1.35. The van der Waals surface area contributed by atoms with Crippen molar-refractivity contribution in [2.24, 2.45) is 0 Å². The summed E-state index contributed by atoms with van der Waals surface area (Å²) in [6, 6.07) is 1.93. The van der Waals surface area contributed by atoms with Gasteiger partial charge in [0, 0.05) is 19.3 Å². The van der Waals surface area contributed by atoms with E-state index in [1.54, 1.807) is 18.7 Å². The molecule has 0 atom stereocenters. The number of carbonyl (C=O) groups is 1. The fourth-order valence-corrected chi connectivity index (χ4v) is 2.38. The second-order valence-corrected chi connectivity index (χ2v) is 4.22. The topological polar surface area (TPSA) is 53.3 Å². The molecule has 0 unspecified atom stereocenters. The second-order valence-electron chi connectivity index (χ2n) is 3.14. The highest BCUT2D eigenvalue weighted by molar-refractivity contribution is 8.03. The van der Waals surface area contributed by atoms with Crippen LogP contribution in [0.4, 0.5) is 0 Å². The molecule has 1 fully saturated rings. The minimum Gasteiger partial charge on any atom is -0.462 e. The summed E-state index contributed by atoms with van der Waals surface area (Å²) in [7, 11) is 1.89. The average Bonchev–Trinajstić information content (AvgIpc) is 2.22. The highest BCUT2D eigenvalue weighted by Crippen LogP contribution is 2.28. The van der Waals surface area contributed by atoms with Gasteiger partial charge in [-0.1, -0.05) is 0 Å². The Morgan fingerprint density at radius 3 is 3.00 bits per heavy atom. The van der Waals surface area contributed by atoms with Crippen molar-refractivity contribution in [1.29, 1.82) is 5.26 Å². The van der Waals surface area contributed by atoms with Gasteiger partial charge in [0.25, 0.3) is 0 Å². The van der Waals surface area contributed by atoms with E-state index in [2.05, 4.69) is 0 Å². The third-order valence-corrected chi connectivity index (χ3v) is 3.31. The van der Waals surface area contributed by atoms with E-state index in [0.29, 0.717) is 6.61 Å². The van der Waals surface area contributed by atoms with Crippen LogP contribution in [0.3, 0.4) is 0 Å². The van der Waals surface area contributed by atoms with Crippen LogP contribution in [-0.2, 0) is 9.53 Å². The van der Waals surface area contributed by atoms with E-state index in [9.17, 15) is 4.79 Å². The molecule has 0 amide bonds. The molecule has 1 rings (SSSR count). The summed E-state index contributed by atoms with van der Waals surface area (Å²) in [6.45, 7) is 2.91. The molecule has 0 saturated carbocycles. The van der Waals surface area contributed by atoms with Gasteiger partial charge in [-0.2, -0.15) is 5.26 Å². The molecular weight excluding hydrogens is 212 g/mol. The molecule has 0 radical (unpaired) electrons. The molecule has 4 nitrogen and oxygen atoms in total. The normalized spacial score (nSPS) is 19.4. The SMILES string of the molecule is CCOC(=O)/C(C#N)=C1/SCCCN1C. The maximum absolute atomic E-state index is 11.5. The van der Waals surface area contributed by atoms with Crippen LogP contribution in [0.1, 0.15) is 13.3 Å². The van der Waals surface area contributed by atoms with Gasteiger partial charge in [0.2, 0.25) is 0 Å². The number of esters is 1. The van der Waals surface area contributed by atoms with Crippen LogP contribution < -0.4 is 0 Å². The van der Waals surface area contributed by atoms with E-state index in [0.717, 1.165) is 23.7 Å². The maximum atomic E-state index is 11.5. The number of thioether (sulfide) groups is 1.